The second-order valence-electron chi connectivity index (χ2n) is 5.17. The minimum atomic E-state index is -3.72. The van der Waals surface area contributed by atoms with Crippen molar-refractivity contribution in [1.82, 2.24) is 4.31 Å². The molecule has 1 aliphatic rings. The highest BCUT2D eigenvalue weighted by molar-refractivity contribution is 7.89. The summed E-state index contributed by atoms with van der Waals surface area (Å²) < 4.78 is 40.1. The van der Waals surface area contributed by atoms with Crippen molar-refractivity contribution in [2.45, 2.75) is 23.7 Å². The molecule has 1 fully saturated rings. The van der Waals surface area contributed by atoms with Crippen molar-refractivity contribution < 1.29 is 12.8 Å². The van der Waals surface area contributed by atoms with Crippen LogP contribution in [0.5, 0.6) is 0 Å². The third kappa shape index (κ3) is 2.88. The van der Waals surface area contributed by atoms with E-state index < -0.39 is 15.8 Å². The van der Waals surface area contributed by atoms with Gasteiger partial charge in [0.1, 0.15) is 10.7 Å². The maximum atomic E-state index is 13.7. The standard InChI is InChI=1S/C15H16FNO2S2/c16-14-3-1-2-4-15(14)21(18,19)17-8-5-12(6-9-17)13-7-10-20-11-13/h1-4,7,10-12H,5-6,8-9H2. The van der Waals surface area contributed by atoms with Gasteiger partial charge < -0.3 is 0 Å². The van der Waals surface area contributed by atoms with Gasteiger partial charge >= 0.3 is 0 Å². The highest BCUT2D eigenvalue weighted by Gasteiger charge is 2.31. The number of rotatable bonds is 3. The van der Waals surface area contributed by atoms with Gasteiger partial charge in [-0.15, -0.1) is 0 Å². The first-order valence-electron chi connectivity index (χ1n) is 6.86. The Hall–Kier alpha value is -1.24. The topological polar surface area (TPSA) is 37.4 Å². The summed E-state index contributed by atoms with van der Waals surface area (Å²) in [5.74, 6) is -0.277. The molecule has 1 aliphatic heterocycles. The summed E-state index contributed by atoms with van der Waals surface area (Å²) in [6.45, 7) is 0.883. The average molecular weight is 325 g/mol. The van der Waals surface area contributed by atoms with Crippen molar-refractivity contribution in [2.24, 2.45) is 0 Å². The summed E-state index contributed by atoms with van der Waals surface area (Å²) in [6.07, 6.45) is 1.56. The zero-order valence-electron chi connectivity index (χ0n) is 11.4. The van der Waals surface area contributed by atoms with E-state index in [1.54, 1.807) is 17.4 Å². The summed E-state index contributed by atoms with van der Waals surface area (Å²) in [6, 6.07) is 7.65. The molecule has 3 rings (SSSR count). The molecular weight excluding hydrogens is 309 g/mol. The highest BCUT2D eigenvalue weighted by atomic mass is 32.2. The number of benzene rings is 1. The van der Waals surface area contributed by atoms with Crippen molar-refractivity contribution in [3.05, 3.63) is 52.5 Å². The van der Waals surface area contributed by atoms with Crippen molar-refractivity contribution >= 4 is 21.4 Å². The van der Waals surface area contributed by atoms with Crippen molar-refractivity contribution in [3.8, 4) is 0 Å². The zero-order chi connectivity index (χ0) is 14.9. The van der Waals surface area contributed by atoms with Gasteiger partial charge in [0.25, 0.3) is 0 Å². The lowest BCUT2D eigenvalue weighted by atomic mass is 9.92. The van der Waals surface area contributed by atoms with E-state index in [9.17, 15) is 12.8 Å². The Morgan fingerprint density at radius 3 is 2.48 bits per heavy atom. The smallest absolute Gasteiger partial charge is 0.207 e. The molecule has 1 saturated heterocycles. The highest BCUT2D eigenvalue weighted by Crippen LogP contribution is 2.32. The van der Waals surface area contributed by atoms with Crippen LogP contribution < -0.4 is 0 Å². The van der Waals surface area contributed by atoms with E-state index >= 15 is 0 Å². The first-order valence-corrected chi connectivity index (χ1v) is 9.24. The SMILES string of the molecule is O=S(=O)(c1ccccc1F)N1CCC(c2ccsc2)CC1. The van der Waals surface area contributed by atoms with E-state index in [0.717, 1.165) is 12.8 Å². The van der Waals surface area contributed by atoms with Crippen LogP contribution in [-0.2, 0) is 10.0 Å². The van der Waals surface area contributed by atoms with Gasteiger partial charge in [0, 0.05) is 13.1 Å². The first kappa shape index (κ1) is 14.7. The second-order valence-corrected chi connectivity index (χ2v) is 7.85. The van der Waals surface area contributed by atoms with Gasteiger partial charge in [0.2, 0.25) is 10.0 Å². The Labute approximate surface area is 128 Å². The van der Waals surface area contributed by atoms with Gasteiger partial charge in [0.15, 0.2) is 0 Å². The quantitative estimate of drug-likeness (QED) is 0.867. The third-order valence-corrected chi connectivity index (χ3v) is 6.56. The van der Waals surface area contributed by atoms with Crippen LogP contribution in [-0.4, -0.2) is 25.8 Å². The Kier molecular flexibility index (Phi) is 4.10. The molecule has 0 atom stereocenters. The van der Waals surface area contributed by atoms with E-state index in [1.165, 1.54) is 28.1 Å². The molecule has 0 N–H and O–H groups in total. The predicted octanol–water partition coefficient (Wildman–Crippen LogP) is 3.46. The van der Waals surface area contributed by atoms with Crippen LogP contribution in [0.25, 0.3) is 0 Å². The van der Waals surface area contributed by atoms with Crippen molar-refractivity contribution in [1.29, 1.82) is 0 Å². The maximum Gasteiger partial charge on any atom is 0.245 e. The van der Waals surface area contributed by atoms with Crippen LogP contribution in [0.4, 0.5) is 4.39 Å². The molecule has 0 bridgehead atoms. The molecule has 0 radical (unpaired) electrons. The molecule has 21 heavy (non-hydrogen) atoms. The number of piperidine rings is 1. The minimum Gasteiger partial charge on any atom is -0.207 e. The van der Waals surface area contributed by atoms with Crippen LogP contribution in [0.15, 0.2) is 46.0 Å². The number of hydrogen-bond acceptors (Lipinski definition) is 3. The molecule has 2 aromatic rings. The van der Waals surface area contributed by atoms with Gasteiger partial charge in [-0.25, -0.2) is 12.8 Å². The summed E-state index contributed by atoms with van der Waals surface area (Å²) in [5.41, 5.74) is 1.28. The molecule has 1 aromatic heterocycles. The lowest BCUT2D eigenvalue weighted by Crippen LogP contribution is -2.38. The van der Waals surface area contributed by atoms with Gasteiger partial charge in [-0.1, -0.05) is 12.1 Å². The van der Waals surface area contributed by atoms with Gasteiger partial charge in [-0.05, 0) is 53.3 Å². The van der Waals surface area contributed by atoms with Crippen LogP contribution in [0.1, 0.15) is 24.3 Å². The Bertz CT molecular complexity index is 705. The lowest BCUT2D eigenvalue weighted by Gasteiger charge is -2.31. The lowest BCUT2D eigenvalue weighted by molar-refractivity contribution is 0.318. The predicted molar refractivity (Wildman–Crippen MR) is 81.5 cm³/mol. The number of halogens is 1. The Morgan fingerprint density at radius 2 is 1.86 bits per heavy atom. The Morgan fingerprint density at radius 1 is 1.14 bits per heavy atom. The molecule has 112 valence electrons. The van der Waals surface area contributed by atoms with Gasteiger partial charge in [-0.3, -0.25) is 0 Å². The fourth-order valence-corrected chi connectivity index (χ4v) is 5.01. The van der Waals surface area contributed by atoms with Crippen LogP contribution in [0, 0.1) is 5.82 Å². The molecule has 3 nitrogen and oxygen atoms in total. The summed E-state index contributed by atoms with van der Waals surface area (Å²) in [5, 5.41) is 4.16. The number of nitrogens with zero attached hydrogens (tertiary/aromatic N) is 1. The van der Waals surface area contributed by atoms with E-state index in [0.29, 0.717) is 19.0 Å². The molecule has 0 spiro atoms. The van der Waals surface area contributed by atoms with Crippen LogP contribution in [0.3, 0.4) is 0 Å². The second kappa shape index (κ2) is 5.87. The molecular formula is C15H16FNO2S2. The van der Waals surface area contributed by atoms with E-state index in [1.807, 2.05) is 5.38 Å². The van der Waals surface area contributed by atoms with E-state index in [2.05, 4.69) is 11.4 Å². The number of hydrogen-bond donors (Lipinski definition) is 0. The van der Waals surface area contributed by atoms with Crippen LogP contribution >= 0.6 is 11.3 Å². The first-order chi connectivity index (χ1) is 10.1. The largest absolute Gasteiger partial charge is 0.245 e. The van der Waals surface area contributed by atoms with Crippen molar-refractivity contribution in [2.75, 3.05) is 13.1 Å². The number of sulfonamides is 1. The molecule has 1 aromatic carbocycles. The fraction of sp³-hybridized carbons (Fsp3) is 0.333. The third-order valence-electron chi connectivity index (χ3n) is 3.92. The monoisotopic (exact) mass is 325 g/mol. The molecule has 0 aliphatic carbocycles. The van der Waals surface area contributed by atoms with Gasteiger partial charge in [0.05, 0.1) is 0 Å². The van der Waals surface area contributed by atoms with Crippen molar-refractivity contribution in [3.63, 3.8) is 0 Å². The van der Waals surface area contributed by atoms with E-state index in [4.69, 9.17) is 0 Å². The maximum absolute atomic E-state index is 13.7. The summed E-state index contributed by atoms with van der Waals surface area (Å²) >= 11 is 1.66. The van der Waals surface area contributed by atoms with E-state index in [-0.39, 0.29) is 4.90 Å². The zero-order valence-corrected chi connectivity index (χ0v) is 13.0. The molecule has 0 amide bonds. The van der Waals surface area contributed by atoms with Gasteiger partial charge in [-0.2, -0.15) is 15.6 Å². The summed E-state index contributed by atoms with van der Waals surface area (Å²) in [7, 11) is -3.72. The minimum absolute atomic E-state index is 0.223. The fourth-order valence-electron chi connectivity index (χ4n) is 2.73. The molecule has 2 heterocycles. The molecule has 6 heteroatoms. The molecule has 0 saturated carbocycles. The number of thiophene rings is 1. The normalized spacial score (nSPS) is 18.0. The average Bonchev–Trinajstić information content (AvgIpc) is 3.02. The van der Waals surface area contributed by atoms with Crippen LogP contribution in [0.2, 0.25) is 0 Å². The Balaban J connectivity index is 1.76. The summed E-state index contributed by atoms with van der Waals surface area (Å²) in [4.78, 5) is -0.223. The molecule has 0 unspecified atom stereocenters.